The van der Waals surface area contributed by atoms with Crippen molar-refractivity contribution >= 4 is 0 Å². The van der Waals surface area contributed by atoms with E-state index in [2.05, 4.69) is 26.1 Å². The van der Waals surface area contributed by atoms with Gasteiger partial charge in [0.2, 0.25) is 0 Å². The van der Waals surface area contributed by atoms with Gasteiger partial charge in [-0.2, -0.15) is 0 Å². The molecule has 0 fully saturated rings. The van der Waals surface area contributed by atoms with Crippen LogP contribution in [0.1, 0.15) is 34.1 Å². The number of hydrogen-bond donors (Lipinski definition) is 2. The van der Waals surface area contributed by atoms with Crippen LogP contribution in [0.3, 0.4) is 0 Å². The molecule has 1 unspecified atom stereocenters. The Labute approximate surface area is 94.9 Å². The fourth-order valence-corrected chi connectivity index (χ4v) is 1.56. The molecule has 3 heteroatoms. The summed E-state index contributed by atoms with van der Waals surface area (Å²) in [5.74, 6) is 0. The first-order chi connectivity index (χ1) is 6.62. The zero-order chi connectivity index (χ0) is 12.1. The molecule has 0 aromatic rings. The van der Waals surface area contributed by atoms with Crippen molar-refractivity contribution < 1.29 is 5.11 Å². The Morgan fingerprint density at radius 1 is 1.13 bits per heavy atom. The fraction of sp³-hybridized carbons (Fsp3) is 1.00. The molecular weight excluding hydrogens is 188 g/mol. The van der Waals surface area contributed by atoms with Crippen LogP contribution >= 0.6 is 0 Å². The second-order valence-electron chi connectivity index (χ2n) is 6.22. The van der Waals surface area contributed by atoms with Gasteiger partial charge in [-0.25, -0.2) is 0 Å². The van der Waals surface area contributed by atoms with E-state index in [-0.39, 0.29) is 0 Å². The standard InChI is InChI=1S/C12H28N2O/c1-11(2,3)7-8-13-9-12(4,15)10-14(5)6/h13,15H,7-10H2,1-6H3. The van der Waals surface area contributed by atoms with Crippen molar-refractivity contribution in [3.63, 3.8) is 0 Å². The predicted octanol–water partition coefficient (Wildman–Crippen LogP) is 1.32. The third-order valence-corrected chi connectivity index (χ3v) is 2.21. The monoisotopic (exact) mass is 216 g/mol. The van der Waals surface area contributed by atoms with E-state index >= 15 is 0 Å². The highest BCUT2D eigenvalue weighted by atomic mass is 16.3. The minimum Gasteiger partial charge on any atom is -0.388 e. The highest BCUT2D eigenvalue weighted by Gasteiger charge is 2.20. The van der Waals surface area contributed by atoms with Gasteiger partial charge in [-0.1, -0.05) is 20.8 Å². The van der Waals surface area contributed by atoms with Gasteiger partial charge in [0.05, 0.1) is 5.60 Å². The Morgan fingerprint density at radius 3 is 2.07 bits per heavy atom. The van der Waals surface area contributed by atoms with E-state index in [0.29, 0.717) is 18.5 Å². The fourth-order valence-electron chi connectivity index (χ4n) is 1.56. The molecule has 0 rings (SSSR count). The van der Waals surface area contributed by atoms with E-state index in [9.17, 15) is 5.11 Å². The van der Waals surface area contributed by atoms with E-state index in [1.807, 2.05) is 25.9 Å². The van der Waals surface area contributed by atoms with Crippen molar-refractivity contribution in [2.45, 2.75) is 39.7 Å². The molecule has 0 spiro atoms. The van der Waals surface area contributed by atoms with Gasteiger partial charge in [-0.3, -0.25) is 0 Å². The molecule has 92 valence electrons. The number of hydrogen-bond acceptors (Lipinski definition) is 3. The topological polar surface area (TPSA) is 35.5 Å². The lowest BCUT2D eigenvalue weighted by molar-refractivity contribution is 0.0334. The minimum atomic E-state index is -0.638. The Bertz CT molecular complexity index is 171. The zero-order valence-corrected chi connectivity index (χ0v) is 11.2. The van der Waals surface area contributed by atoms with Crippen LogP contribution in [0.4, 0.5) is 0 Å². The summed E-state index contributed by atoms with van der Waals surface area (Å²) in [6.07, 6.45) is 1.13. The minimum absolute atomic E-state index is 0.362. The molecule has 0 bridgehead atoms. The molecule has 0 aromatic heterocycles. The summed E-state index contributed by atoms with van der Waals surface area (Å²) in [5.41, 5.74) is -0.276. The van der Waals surface area contributed by atoms with Crippen LogP contribution in [0.25, 0.3) is 0 Å². The largest absolute Gasteiger partial charge is 0.388 e. The quantitative estimate of drug-likeness (QED) is 0.657. The number of rotatable bonds is 6. The second kappa shape index (κ2) is 5.83. The van der Waals surface area contributed by atoms with E-state index < -0.39 is 5.60 Å². The summed E-state index contributed by atoms with van der Waals surface area (Å²) < 4.78 is 0. The van der Waals surface area contributed by atoms with Gasteiger partial charge in [-0.15, -0.1) is 0 Å². The first kappa shape index (κ1) is 14.9. The summed E-state index contributed by atoms with van der Waals surface area (Å²) in [4.78, 5) is 2.01. The van der Waals surface area contributed by atoms with E-state index in [0.717, 1.165) is 13.0 Å². The number of nitrogens with one attached hydrogen (secondary N) is 1. The normalized spacial score (nSPS) is 16.8. The lowest BCUT2D eigenvalue weighted by atomic mass is 9.92. The van der Waals surface area contributed by atoms with Crippen molar-refractivity contribution in [3.05, 3.63) is 0 Å². The molecule has 0 heterocycles. The van der Waals surface area contributed by atoms with E-state index in [4.69, 9.17) is 0 Å². The Balaban J connectivity index is 3.66. The average Bonchev–Trinajstić information content (AvgIpc) is 1.93. The van der Waals surface area contributed by atoms with Gasteiger partial charge in [0.1, 0.15) is 0 Å². The predicted molar refractivity (Wildman–Crippen MR) is 66.1 cm³/mol. The number of nitrogens with zero attached hydrogens (tertiary/aromatic N) is 1. The molecule has 0 aliphatic heterocycles. The van der Waals surface area contributed by atoms with Crippen molar-refractivity contribution in [2.75, 3.05) is 33.7 Å². The van der Waals surface area contributed by atoms with Crippen molar-refractivity contribution in [1.82, 2.24) is 10.2 Å². The third-order valence-electron chi connectivity index (χ3n) is 2.21. The third kappa shape index (κ3) is 10.2. The van der Waals surface area contributed by atoms with Crippen molar-refractivity contribution in [1.29, 1.82) is 0 Å². The smallest absolute Gasteiger partial charge is 0.0869 e. The maximum atomic E-state index is 10.0. The van der Waals surface area contributed by atoms with Gasteiger partial charge in [0.15, 0.2) is 0 Å². The van der Waals surface area contributed by atoms with Crippen LogP contribution in [0.2, 0.25) is 0 Å². The lowest BCUT2D eigenvalue weighted by Crippen LogP contribution is -2.46. The van der Waals surface area contributed by atoms with Crippen LogP contribution in [0.15, 0.2) is 0 Å². The van der Waals surface area contributed by atoms with Gasteiger partial charge in [-0.05, 0) is 39.4 Å². The molecule has 2 N–H and O–H groups in total. The Hall–Kier alpha value is -0.120. The average molecular weight is 216 g/mol. The summed E-state index contributed by atoms with van der Waals surface area (Å²) in [6, 6.07) is 0. The van der Waals surface area contributed by atoms with Crippen molar-refractivity contribution in [2.24, 2.45) is 5.41 Å². The van der Waals surface area contributed by atoms with Crippen LogP contribution in [-0.4, -0.2) is 49.3 Å². The molecule has 0 amide bonds. The Morgan fingerprint density at radius 2 is 1.67 bits per heavy atom. The maximum absolute atomic E-state index is 10.0. The molecule has 1 atom stereocenters. The first-order valence-corrected chi connectivity index (χ1v) is 5.70. The van der Waals surface area contributed by atoms with Crippen LogP contribution in [0, 0.1) is 5.41 Å². The van der Waals surface area contributed by atoms with E-state index in [1.54, 1.807) is 0 Å². The van der Waals surface area contributed by atoms with Gasteiger partial charge < -0.3 is 15.3 Å². The van der Waals surface area contributed by atoms with Crippen LogP contribution in [0.5, 0.6) is 0 Å². The number of likely N-dealkylation sites (N-methyl/N-ethyl adjacent to an activating group) is 1. The molecule has 0 saturated carbocycles. The summed E-state index contributed by atoms with van der Waals surface area (Å²) >= 11 is 0. The zero-order valence-electron chi connectivity index (χ0n) is 11.2. The molecule has 0 aliphatic carbocycles. The summed E-state index contributed by atoms with van der Waals surface area (Å²) in [7, 11) is 3.95. The lowest BCUT2D eigenvalue weighted by Gasteiger charge is -2.28. The molecule has 3 nitrogen and oxygen atoms in total. The van der Waals surface area contributed by atoms with Crippen LogP contribution in [-0.2, 0) is 0 Å². The van der Waals surface area contributed by atoms with Gasteiger partial charge >= 0.3 is 0 Å². The highest BCUT2D eigenvalue weighted by Crippen LogP contribution is 2.17. The van der Waals surface area contributed by atoms with Crippen molar-refractivity contribution in [3.8, 4) is 0 Å². The highest BCUT2D eigenvalue weighted by molar-refractivity contribution is 4.78. The van der Waals surface area contributed by atoms with Gasteiger partial charge in [0, 0.05) is 13.1 Å². The molecule has 0 aromatic carbocycles. The molecule has 0 aliphatic rings. The molecule has 0 radical (unpaired) electrons. The molecule has 15 heavy (non-hydrogen) atoms. The second-order valence-corrected chi connectivity index (χ2v) is 6.22. The first-order valence-electron chi connectivity index (χ1n) is 5.70. The maximum Gasteiger partial charge on any atom is 0.0869 e. The SMILES string of the molecule is CN(C)CC(C)(O)CNCCC(C)(C)C. The number of aliphatic hydroxyl groups is 1. The Kier molecular flexibility index (Phi) is 5.78. The summed E-state index contributed by atoms with van der Waals surface area (Å²) in [6.45, 7) is 10.9. The van der Waals surface area contributed by atoms with E-state index in [1.165, 1.54) is 0 Å². The molecular formula is C12H28N2O. The summed E-state index contributed by atoms with van der Waals surface area (Å²) in [5, 5.41) is 13.3. The van der Waals surface area contributed by atoms with Gasteiger partial charge in [0.25, 0.3) is 0 Å². The van der Waals surface area contributed by atoms with Crippen LogP contribution < -0.4 is 5.32 Å². The molecule has 0 saturated heterocycles.